The van der Waals surface area contributed by atoms with E-state index in [-0.39, 0.29) is 6.79 Å². The van der Waals surface area contributed by atoms with Gasteiger partial charge < -0.3 is 9.47 Å². The minimum atomic E-state index is 0.255. The van der Waals surface area contributed by atoms with Gasteiger partial charge in [-0.3, -0.25) is 9.67 Å². The highest BCUT2D eigenvalue weighted by atomic mass is 16.7. The minimum absolute atomic E-state index is 0.255. The van der Waals surface area contributed by atoms with Crippen LogP contribution in [0.25, 0.3) is 28.1 Å². The molecule has 0 unspecified atom stereocenters. The Balaban J connectivity index is 1.72. The number of nitrogens with one attached hydrogen (secondary N) is 1. The maximum atomic E-state index is 5.48. The fourth-order valence-corrected chi connectivity index (χ4v) is 2.96. The molecular formula is C17H13N5O2. The van der Waals surface area contributed by atoms with Crippen molar-refractivity contribution in [3.8, 4) is 28.4 Å². The van der Waals surface area contributed by atoms with Crippen molar-refractivity contribution >= 4 is 11.2 Å². The molecule has 1 N–H and O–H groups in total. The first kappa shape index (κ1) is 13.1. The molecular weight excluding hydrogens is 306 g/mol. The molecule has 0 atom stereocenters. The van der Waals surface area contributed by atoms with Crippen molar-refractivity contribution in [3.05, 3.63) is 48.5 Å². The molecule has 1 aliphatic rings. The van der Waals surface area contributed by atoms with E-state index in [4.69, 9.17) is 14.5 Å². The van der Waals surface area contributed by atoms with Crippen LogP contribution in [0.5, 0.6) is 11.5 Å². The summed E-state index contributed by atoms with van der Waals surface area (Å²) in [6.07, 6.45) is 3.57. The molecule has 0 amide bonds. The number of H-pyrrole nitrogens is 1. The van der Waals surface area contributed by atoms with Crippen molar-refractivity contribution in [2.24, 2.45) is 0 Å². The Bertz CT molecular complexity index is 1050. The zero-order valence-electron chi connectivity index (χ0n) is 12.9. The third kappa shape index (κ3) is 1.88. The molecule has 0 spiro atoms. The van der Waals surface area contributed by atoms with Crippen molar-refractivity contribution in [2.45, 2.75) is 6.92 Å². The summed E-state index contributed by atoms with van der Waals surface area (Å²) in [4.78, 5) is 9.39. The molecule has 0 fully saturated rings. The summed E-state index contributed by atoms with van der Waals surface area (Å²) in [5.74, 6) is 2.35. The average molecular weight is 319 g/mol. The largest absolute Gasteiger partial charge is 0.454 e. The second-order valence-corrected chi connectivity index (χ2v) is 5.56. The Hall–Kier alpha value is -3.35. The van der Waals surface area contributed by atoms with E-state index in [0.29, 0.717) is 0 Å². The van der Waals surface area contributed by atoms with Gasteiger partial charge in [0, 0.05) is 17.8 Å². The molecule has 0 saturated heterocycles. The Labute approximate surface area is 136 Å². The second-order valence-electron chi connectivity index (χ2n) is 5.56. The number of benzene rings is 1. The van der Waals surface area contributed by atoms with Crippen molar-refractivity contribution < 1.29 is 9.47 Å². The van der Waals surface area contributed by atoms with Crippen LogP contribution in [0.4, 0.5) is 0 Å². The van der Waals surface area contributed by atoms with E-state index in [1.54, 1.807) is 6.20 Å². The summed E-state index contributed by atoms with van der Waals surface area (Å²) >= 11 is 0. The fourth-order valence-electron chi connectivity index (χ4n) is 2.96. The smallest absolute Gasteiger partial charge is 0.231 e. The maximum Gasteiger partial charge on any atom is 0.231 e. The Morgan fingerprint density at radius 1 is 1.08 bits per heavy atom. The summed E-state index contributed by atoms with van der Waals surface area (Å²) < 4.78 is 12.9. The normalized spacial score (nSPS) is 12.9. The first-order valence-electron chi connectivity index (χ1n) is 7.55. The molecule has 0 saturated carbocycles. The van der Waals surface area contributed by atoms with Gasteiger partial charge in [0.2, 0.25) is 6.79 Å². The summed E-state index contributed by atoms with van der Waals surface area (Å²) in [5.41, 5.74) is 4.37. The van der Waals surface area contributed by atoms with Gasteiger partial charge in [-0.2, -0.15) is 5.10 Å². The zero-order valence-corrected chi connectivity index (χ0v) is 12.9. The molecule has 4 aromatic rings. The highest BCUT2D eigenvalue weighted by molar-refractivity contribution is 5.78. The predicted molar refractivity (Wildman–Crippen MR) is 87.3 cm³/mol. The SMILES string of the molecule is Cc1nc2ccc(-c3cn[nH]c3)nc2n1-c1ccc2c(c1)OCO2. The van der Waals surface area contributed by atoms with Crippen LogP contribution in [-0.2, 0) is 0 Å². The number of rotatable bonds is 2. The van der Waals surface area contributed by atoms with Gasteiger partial charge in [0.15, 0.2) is 17.1 Å². The summed E-state index contributed by atoms with van der Waals surface area (Å²) in [5, 5.41) is 6.80. The molecule has 3 aromatic heterocycles. The van der Waals surface area contributed by atoms with Gasteiger partial charge in [0.1, 0.15) is 11.3 Å². The van der Waals surface area contributed by atoms with E-state index in [1.165, 1.54) is 0 Å². The van der Waals surface area contributed by atoms with E-state index in [9.17, 15) is 0 Å². The average Bonchev–Trinajstić information content (AvgIpc) is 3.32. The fraction of sp³-hybridized carbons (Fsp3) is 0.118. The zero-order chi connectivity index (χ0) is 16.1. The van der Waals surface area contributed by atoms with Crippen LogP contribution in [-0.4, -0.2) is 31.5 Å². The lowest BCUT2D eigenvalue weighted by molar-refractivity contribution is 0.174. The van der Waals surface area contributed by atoms with E-state index in [2.05, 4.69) is 15.2 Å². The third-order valence-electron chi connectivity index (χ3n) is 4.08. The number of aryl methyl sites for hydroxylation is 1. The lowest BCUT2D eigenvalue weighted by Crippen LogP contribution is -1.98. The van der Waals surface area contributed by atoms with Gasteiger partial charge in [-0.25, -0.2) is 9.97 Å². The van der Waals surface area contributed by atoms with Crippen LogP contribution in [0.15, 0.2) is 42.7 Å². The number of fused-ring (bicyclic) bond motifs is 2. The number of hydrogen-bond acceptors (Lipinski definition) is 5. The van der Waals surface area contributed by atoms with Gasteiger partial charge >= 0.3 is 0 Å². The molecule has 0 bridgehead atoms. The monoisotopic (exact) mass is 319 g/mol. The number of imidazole rings is 1. The molecule has 5 rings (SSSR count). The van der Waals surface area contributed by atoms with Crippen LogP contribution < -0.4 is 9.47 Å². The molecule has 24 heavy (non-hydrogen) atoms. The molecule has 0 aliphatic carbocycles. The van der Waals surface area contributed by atoms with Crippen molar-refractivity contribution in [3.63, 3.8) is 0 Å². The Morgan fingerprint density at radius 2 is 2.00 bits per heavy atom. The molecule has 1 aromatic carbocycles. The summed E-state index contributed by atoms with van der Waals surface area (Å²) in [6.45, 7) is 2.22. The number of ether oxygens (including phenoxy) is 2. The number of aromatic amines is 1. The summed E-state index contributed by atoms with van der Waals surface area (Å²) in [6, 6.07) is 9.75. The molecule has 7 heteroatoms. The van der Waals surface area contributed by atoms with Crippen molar-refractivity contribution in [1.82, 2.24) is 24.7 Å². The van der Waals surface area contributed by atoms with Gasteiger partial charge in [-0.1, -0.05) is 0 Å². The Morgan fingerprint density at radius 3 is 2.88 bits per heavy atom. The molecule has 1 aliphatic heterocycles. The van der Waals surface area contributed by atoms with Crippen molar-refractivity contribution in [1.29, 1.82) is 0 Å². The standard InChI is InChI=1S/C17H13N5O2/c1-10-20-14-4-3-13(11-7-18-19-8-11)21-17(14)22(10)12-2-5-15-16(6-12)24-9-23-15/h2-8H,9H2,1H3,(H,18,19). The summed E-state index contributed by atoms with van der Waals surface area (Å²) in [7, 11) is 0. The van der Waals surface area contributed by atoms with Gasteiger partial charge in [-0.05, 0) is 31.2 Å². The van der Waals surface area contributed by atoms with Crippen LogP contribution in [0.2, 0.25) is 0 Å². The van der Waals surface area contributed by atoms with Crippen LogP contribution in [0, 0.1) is 6.92 Å². The first-order valence-corrected chi connectivity index (χ1v) is 7.55. The van der Waals surface area contributed by atoms with E-state index in [0.717, 1.165) is 45.4 Å². The highest BCUT2D eigenvalue weighted by Gasteiger charge is 2.17. The lowest BCUT2D eigenvalue weighted by atomic mass is 10.2. The number of aromatic nitrogens is 5. The maximum absolute atomic E-state index is 5.48. The van der Waals surface area contributed by atoms with Crippen LogP contribution in [0.1, 0.15) is 5.82 Å². The first-order chi connectivity index (χ1) is 11.8. The van der Waals surface area contributed by atoms with Gasteiger partial charge in [0.25, 0.3) is 0 Å². The minimum Gasteiger partial charge on any atom is -0.454 e. The van der Waals surface area contributed by atoms with Gasteiger partial charge in [-0.15, -0.1) is 0 Å². The quantitative estimate of drug-likeness (QED) is 0.615. The highest BCUT2D eigenvalue weighted by Crippen LogP contribution is 2.35. The third-order valence-corrected chi connectivity index (χ3v) is 4.08. The van der Waals surface area contributed by atoms with Crippen molar-refractivity contribution in [2.75, 3.05) is 6.79 Å². The number of pyridine rings is 1. The molecule has 0 radical (unpaired) electrons. The van der Waals surface area contributed by atoms with Crippen LogP contribution >= 0.6 is 0 Å². The van der Waals surface area contributed by atoms with E-state index < -0.39 is 0 Å². The van der Waals surface area contributed by atoms with E-state index in [1.807, 2.05) is 48.0 Å². The lowest BCUT2D eigenvalue weighted by Gasteiger charge is -2.08. The number of hydrogen-bond donors (Lipinski definition) is 1. The molecule has 118 valence electrons. The van der Waals surface area contributed by atoms with E-state index >= 15 is 0 Å². The molecule has 4 heterocycles. The topological polar surface area (TPSA) is 77.9 Å². The number of nitrogens with zero attached hydrogens (tertiary/aromatic N) is 4. The van der Waals surface area contributed by atoms with Crippen LogP contribution in [0.3, 0.4) is 0 Å². The second kappa shape index (κ2) is 4.82. The van der Waals surface area contributed by atoms with Gasteiger partial charge in [0.05, 0.1) is 17.6 Å². The Kier molecular flexibility index (Phi) is 2.64. The molecule has 7 nitrogen and oxygen atoms in total. The predicted octanol–water partition coefficient (Wildman–Crippen LogP) is 2.85.